The van der Waals surface area contributed by atoms with Crippen LogP contribution in [0.1, 0.15) is 322 Å². The predicted octanol–water partition coefficient (Wildman–Crippen LogP) is 18.2. The van der Waals surface area contributed by atoms with Gasteiger partial charge in [-0.2, -0.15) is 0 Å². The summed E-state index contributed by atoms with van der Waals surface area (Å²) >= 11 is 0. The number of carbonyl (C=O) groups is 2. The highest BCUT2D eigenvalue weighted by atomic mass is 16.5. The van der Waals surface area contributed by atoms with Crippen molar-refractivity contribution in [2.24, 2.45) is 0 Å². The second kappa shape index (κ2) is 55.9. The molecule has 0 saturated heterocycles. The van der Waals surface area contributed by atoms with Crippen molar-refractivity contribution in [2.45, 2.75) is 334 Å². The molecule has 6 nitrogen and oxygen atoms in total. The van der Waals surface area contributed by atoms with Crippen LogP contribution in [0.2, 0.25) is 0 Å². The summed E-state index contributed by atoms with van der Waals surface area (Å²) < 4.78 is 5.48. The van der Waals surface area contributed by atoms with E-state index in [1.807, 2.05) is 0 Å². The number of hydrogen-bond acceptors (Lipinski definition) is 5. The van der Waals surface area contributed by atoms with Gasteiger partial charge in [-0.25, -0.2) is 0 Å². The van der Waals surface area contributed by atoms with Crippen molar-refractivity contribution in [2.75, 3.05) is 13.2 Å². The molecular formula is C60H115NO5. The van der Waals surface area contributed by atoms with Gasteiger partial charge in [-0.15, -0.1) is 0 Å². The van der Waals surface area contributed by atoms with E-state index in [-0.39, 0.29) is 18.5 Å². The smallest absolute Gasteiger partial charge is 0.305 e. The summed E-state index contributed by atoms with van der Waals surface area (Å²) in [5, 5.41) is 23.3. The fraction of sp³-hybridized carbons (Fsp3) is 0.900. The summed E-state index contributed by atoms with van der Waals surface area (Å²) in [7, 11) is 0. The quantitative estimate of drug-likeness (QED) is 0.0321. The maximum absolute atomic E-state index is 12.5. The Morgan fingerprint density at radius 1 is 0.424 bits per heavy atom. The maximum Gasteiger partial charge on any atom is 0.305 e. The minimum atomic E-state index is -0.675. The fourth-order valence-corrected chi connectivity index (χ4v) is 9.20. The number of unbranched alkanes of at least 4 members (excludes halogenated alkanes) is 40. The molecule has 6 heteroatoms. The molecule has 0 aliphatic carbocycles. The number of nitrogens with one attached hydrogen (secondary N) is 1. The average molecular weight is 931 g/mol. The van der Waals surface area contributed by atoms with E-state index in [2.05, 4.69) is 43.5 Å². The number of hydrogen-bond donors (Lipinski definition) is 3. The summed E-state index contributed by atoms with van der Waals surface area (Å²) in [6, 6.07) is -0.554. The molecule has 0 aliphatic heterocycles. The molecule has 0 bridgehead atoms. The summed E-state index contributed by atoms with van der Waals surface area (Å²) in [6.07, 6.45) is 67.3. The van der Waals surface area contributed by atoms with Crippen LogP contribution in [0.3, 0.4) is 0 Å². The number of aliphatic hydroxyl groups excluding tert-OH is 2. The summed E-state index contributed by atoms with van der Waals surface area (Å²) in [5.41, 5.74) is 0. The zero-order valence-electron chi connectivity index (χ0n) is 44.4. The lowest BCUT2D eigenvalue weighted by Gasteiger charge is -2.22. The maximum atomic E-state index is 12.5. The van der Waals surface area contributed by atoms with Gasteiger partial charge in [0, 0.05) is 12.8 Å². The van der Waals surface area contributed by atoms with Crippen molar-refractivity contribution in [3.05, 3.63) is 24.3 Å². The van der Waals surface area contributed by atoms with E-state index in [1.54, 1.807) is 0 Å². The molecule has 0 rings (SSSR count). The van der Waals surface area contributed by atoms with Gasteiger partial charge in [0.25, 0.3) is 0 Å². The van der Waals surface area contributed by atoms with E-state index >= 15 is 0 Å². The zero-order valence-corrected chi connectivity index (χ0v) is 44.4. The van der Waals surface area contributed by atoms with E-state index < -0.39 is 12.1 Å². The molecule has 3 N–H and O–H groups in total. The third kappa shape index (κ3) is 51.7. The topological polar surface area (TPSA) is 95.9 Å². The van der Waals surface area contributed by atoms with Crippen molar-refractivity contribution in [3.63, 3.8) is 0 Å². The zero-order chi connectivity index (χ0) is 47.9. The van der Waals surface area contributed by atoms with Gasteiger partial charge in [0.2, 0.25) is 5.91 Å². The summed E-state index contributed by atoms with van der Waals surface area (Å²) in [4.78, 5) is 24.6. The minimum Gasteiger partial charge on any atom is -0.466 e. The molecule has 0 heterocycles. The van der Waals surface area contributed by atoms with Gasteiger partial charge in [-0.1, -0.05) is 276 Å². The Balaban J connectivity index is 3.44. The molecule has 0 radical (unpaired) electrons. The Bertz CT molecular complexity index is 1030. The van der Waals surface area contributed by atoms with E-state index in [9.17, 15) is 19.8 Å². The molecule has 0 aliphatic rings. The first-order valence-electron chi connectivity index (χ1n) is 29.6. The second-order valence-electron chi connectivity index (χ2n) is 20.3. The number of carbonyl (C=O) groups excluding carboxylic acids is 2. The van der Waals surface area contributed by atoms with Crippen molar-refractivity contribution < 1.29 is 24.5 Å². The molecule has 66 heavy (non-hydrogen) atoms. The van der Waals surface area contributed by atoms with Crippen LogP contribution in [-0.2, 0) is 14.3 Å². The number of amides is 1. The monoisotopic (exact) mass is 930 g/mol. The van der Waals surface area contributed by atoms with Crippen LogP contribution < -0.4 is 5.32 Å². The van der Waals surface area contributed by atoms with Gasteiger partial charge >= 0.3 is 5.97 Å². The van der Waals surface area contributed by atoms with Crippen molar-refractivity contribution in [1.29, 1.82) is 0 Å². The average Bonchev–Trinajstić information content (AvgIpc) is 3.32. The Labute approximate surface area is 411 Å². The van der Waals surface area contributed by atoms with Crippen LogP contribution in [0.4, 0.5) is 0 Å². The molecular weight excluding hydrogens is 815 g/mol. The number of allylic oxidation sites excluding steroid dienone is 4. The van der Waals surface area contributed by atoms with Gasteiger partial charge in [-0.3, -0.25) is 9.59 Å². The van der Waals surface area contributed by atoms with Gasteiger partial charge in [0.05, 0.1) is 25.4 Å². The molecule has 0 aromatic heterocycles. The predicted molar refractivity (Wildman–Crippen MR) is 287 cm³/mol. The van der Waals surface area contributed by atoms with Crippen LogP contribution in [0.15, 0.2) is 24.3 Å². The van der Waals surface area contributed by atoms with Gasteiger partial charge < -0.3 is 20.3 Å². The highest BCUT2D eigenvalue weighted by molar-refractivity contribution is 5.76. The second-order valence-corrected chi connectivity index (χ2v) is 20.3. The molecule has 0 aromatic carbocycles. The lowest BCUT2D eigenvalue weighted by molar-refractivity contribution is -0.143. The van der Waals surface area contributed by atoms with Crippen molar-refractivity contribution in [1.82, 2.24) is 5.32 Å². The van der Waals surface area contributed by atoms with E-state index in [0.29, 0.717) is 25.9 Å². The Hall–Kier alpha value is -1.66. The summed E-state index contributed by atoms with van der Waals surface area (Å²) in [6.45, 7) is 4.91. The molecule has 0 fully saturated rings. The lowest BCUT2D eigenvalue weighted by atomic mass is 10.0. The van der Waals surface area contributed by atoms with Crippen LogP contribution >= 0.6 is 0 Å². The van der Waals surface area contributed by atoms with E-state index in [1.165, 1.54) is 225 Å². The summed E-state index contributed by atoms with van der Waals surface area (Å²) in [5.74, 6) is -0.0605. The SMILES string of the molecule is CCCCC/C=C\C/C=C\CCCCCCCCCCCC(=O)OCCCCCCCCCCCCCCC(=O)NC(CO)C(O)CCCCCCCCCCCCCCCCCCCC. The van der Waals surface area contributed by atoms with E-state index in [4.69, 9.17) is 4.74 Å². The number of esters is 1. The fourth-order valence-electron chi connectivity index (χ4n) is 9.20. The number of ether oxygens (including phenoxy) is 1. The van der Waals surface area contributed by atoms with Crippen LogP contribution in [0.25, 0.3) is 0 Å². The van der Waals surface area contributed by atoms with E-state index in [0.717, 1.165) is 64.2 Å². The Morgan fingerprint density at radius 3 is 1.18 bits per heavy atom. The van der Waals surface area contributed by atoms with Gasteiger partial charge in [0.1, 0.15) is 0 Å². The molecule has 2 unspecified atom stereocenters. The molecule has 0 saturated carbocycles. The first kappa shape index (κ1) is 64.3. The molecule has 2 atom stereocenters. The highest BCUT2D eigenvalue weighted by Crippen LogP contribution is 2.17. The molecule has 1 amide bonds. The molecule has 0 aromatic rings. The Kier molecular flexibility index (Phi) is 54.5. The van der Waals surface area contributed by atoms with Crippen LogP contribution in [0.5, 0.6) is 0 Å². The third-order valence-corrected chi connectivity index (χ3v) is 13.8. The number of aliphatic hydroxyl groups is 2. The normalized spacial score (nSPS) is 12.7. The van der Waals surface area contributed by atoms with Crippen LogP contribution in [-0.4, -0.2) is 47.4 Å². The largest absolute Gasteiger partial charge is 0.466 e. The van der Waals surface area contributed by atoms with Crippen molar-refractivity contribution >= 4 is 11.9 Å². The van der Waals surface area contributed by atoms with Gasteiger partial charge in [-0.05, 0) is 57.8 Å². The van der Waals surface area contributed by atoms with Crippen molar-refractivity contribution in [3.8, 4) is 0 Å². The van der Waals surface area contributed by atoms with Gasteiger partial charge in [0.15, 0.2) is 0 Å². The molecule has 0 spiro atoms. The van der Waals surface area contributed by atoms with Crippen LogP contribution in [0, 0.1) is 0 Å². The first-order valence-corrected chi connectivity index (χ1v) is 29.6. The third-order valence-electron chi connectivity index (χ3n) is 13.8. The minimum absolute atomic E-state index is 0.0122. The highest BCUT2D eigenvalue weighted by Gasteiger charge is 2.20. The standard InChI is InChI=1S/C60H115NO5/c1-3-5-7-9-11-13-15-17-19-21-23-25-27-29-34-38-42-46-50-54-60(65)66-55-51-47-43-39-35-31-30-33-37-41-45-49-53-59(64)61-57(56-62)58(63)52-48-44-40-36-32-28-26-24-22-20-18-16-14-12-10-8-6-4-2/h11,13,17,19,57-58,62-63H,3-10,12,14-16,18,20-56H2,1-2H3,(H,61,64)/b13-11-,19-17-. The first-order chi connectivity index (χ1) is 32.5. The Morgan fingerprint density at radius 2 is 0.758 bits per heavy atom. The lowest BCUT2D eigenvalue weighted by Crippen LogP contribution is -2.45. The number of rotatable bonds is 55. The molecule has 390 valence electrons.